The zero-order chi connectivity index (χ0) is 17.2. The van der Waals surface area contributed by atoms with Gasteiger partial charge in [-0.1, -0.05) is 6.07 Å². The van der Waals surface area contributed by atoms with Gasteiger partial charge >= 0.3 is 0 Å². The number of benzene rings is 1. The van der Waals surface area contributed by atoms with Gasteiger partial charge in [-0.3, -0.25) is 4.79 Å². The zero-order valence-electron chi connectivity index (χ0n) is 13.7. The molecule has 1 aromatic carbocycles. The number of aromatic hydroxyl groups is 1. The van der Waals surface area contributed by atoms with Crippen LogP contribution in [0.15, 0.2) is 29.6 Å². The van der Waals surface area contributed by atoms with Crippen LogP contribution in [0.2, 0.25) is 0 Å². The second-order valence-corrected chi connectivity index (χ2v) is 7.29. The number of piperidine rings is 1. The summed E-state index contributed by atoms with van der Waals surface area (Å²) in [5.74, 6) is 1.07. The Morgan fingerprint density at radius 3 is 3.08 bits per heavy atom. The Morgan fingerprint density at radius 2 is 2.32 bits per heavy atom. The lowest BCUT2D eigenvalue weighted by molar-refractivity contribution is 0.0946. The van der Waals surface area contributed by atoms with Crippen molar-refractivity contribution in [2.24, 2.45) is 5.92 Å². The van der Waals surface area contributed by atoms with Gasteiger partial charge in [-0.15, -0.1) is 11.3 Å². The molecule has 7 heteroatoms. The minimum atomic E-state index is -0.153. The number of nitrogens with zero attached hydrogens (tertiary/aromatic N) is 1. The molecule has 0 spiro atoms. The number of imidazole rings is 1. The van der Waals surface area contributed by atoms with Crippen LogP contribution in [-0.4, -0.2) is 40.6 Å². The van der Waals surface area contributed by atoms with Crippen molar-refractivity contribution in [3.8, 4) is 16.5 Å². The summed E-state index contributed by atoms with van der Waals surface area (Å²) in [4.78, 5) is 21.3. The van der Waals surface area contributed by atoms with Gasteiger partial charge in [0.2, 0.25) is 0 Å². The summed E-state index contributed by atoms with van der Waals surface area (Å²) in [5.41, 5.74) is 1.48. The van der Waals surface area contributed by atoms with E-state index in [2.05, 4.69) is 20.6 Å². The van der Waals surface area contributed by atoms with E-state index in [0.717, 1.165) is 30.8 Å². The molecule has 4 N–H and O–H groups in total. The number of carbonyl (C=O) groups excluding carboxylic acids is 1. The van der Waals surface area contributed by atoms with E-state index in [1.54, 1.807) is 17.4 Å². The molecule has 3 aromatic rings. The fourth-order valence-corrected chi connectivity index (χ4v) is 3.89. The molecule has 1 amide bonds. The van der Waals surface area contributed by atoms with Crippen LogP contribution >= 0.6 is 11.3 Å². The second kappa shape index (κ2) is 6.85. The number of thiophene rings is 1. The van der Waals surface area contributed by atoms with Crippen molar-refractivity contribution in [2.75, 3.05) is 19.6 Å². The first-order valence-corrected chi connectivity index (χ1v) is 9.35. The number of hydrogen-bond acceptors (Lipinski definition) is 5. The standard InChI is InChI=1S/C18H20N4O2S/c23-13-6-5-12(18(24)20-10-11-3-1-7-19-9-11)15-16(13)22-17(21-15)14-4-2-8-25-14/h2,4-6,8,11,19,23H,1,3,7,9-10H2,(H,20,24)(H,21,22). The monoisotopic (exact) mass is 356 g/mol. The van der Waals surface area contributed by atoms with Crippen LogP contribution in [0.25, 0.3) is 21.7 Å². The predicted molar refractivity (Wildman–Crippen MR) is 99.0 cm³/mol. The van der Waals surface area contributed by atoms with Gasteiger partial charge in [0.25, 0.3) is 5.91 Å². The van der Waals surface area contributed by atoms with Crippen LogP contribution in [0.1, 0.15) is 23.2 Å². The molecule has 0 bridgehead atoms. The lowest BCUT2D eigenvalue weighted by Crippen LogP contribution is -2.38. The topological polar surface area (TPSA) is 90.0 Å². The maximum absolute atomic E-state index is 12.6. The van der Waals surface area contributed by atoms with Crippen LogP contribution in [0, 0.1) is 5.92 Å². The van der Waals surface area contributed by atoms with E-state index in [9.17, 15) is 9.90 Å². The number of aromatic amines is 1. The van der Waals surface area contributed by atoms with Crippen molar-refractivity contribution < 1.29 is 9.90 Å². The first-order chi connectivity index (χ1) is 12.2. The highest BCUT2D eigenvalue weighted by Gasteiger charge is 2.19. The molecule has 4 rings (SSSR count). The van der Waals surface area contributed by atoms with Crippen molar-refractivity contribution in [3.63, 3.8) is 0 Å². The molecule has 0 saturated carbocycles. The van der Waals surface area contributed by atoms with Crippen molar-refractivity contribution in [1.82, 2.24) is 20.6 Å². The van der Waals surface area contributed by atoms with Crippen molar-refractivity contribution in [1.29, 1.82) is 0 Å². The third-order valence-electron chi connectivity index (χ3n) is 4.57. The van der Waals surface area contributed by atoms with Gasteiger partial charge in [-0.25, -0.2) is 4.98 Å². The summed E-state index contributed by atoms with van der Waals surface area (Å²) in [6.45, 7) is 2.65. The molecule has 1 fully saturated rings. The molecular weight excluding hydrogens is 336 g/mol. The maximum Gasteiger partial charge on any atom is 0.253 e. The average molecular weight is 356 g/mol. The number of phenolic OH excluding ortho intramolecular Hbond substituents is 1. The SMILES string of the molecule is O=C(NCC1CCCNC1)c1ccc(O)c2[nH]c(-c3cccs3)nc12. The smallest absolute Gasteiger partial charge is 0.253 e. The number of nitrogens with one attached hydrogen (secondary N) is 3. The van der Waals surface area contributed by atoms with E-state index in [1.165, 1.54) is 6.07 Å². The van der Waals surface area contributed by atoms with Crippen molar-refractivity contribution in [3.05, 3.63) is 35.2 Å². The van der Waals surface area contributed by atoms with E-state index >= 15 is 0 Å². The molecule has 1 aliphatic heterocycles. The lowest BCUT2D eigenvalue weighted by atomic mass is 9.99. The second-order valence-electron chi connectivity index (χ2n) is 6.34. The molecule has 0 radical (unpaired) electrons. The minimum absolute atomic E-state index is 0.0957. The van der Waals surface area contributed by atoms with Gasteiger partial charge in [0.15, 0.2) is 0 Å². The lowest BCUT2D eigenvalue weighted by Gasteiger charge is -2.22. The molecule has 3 heterocycles. The number of amides is 1. The summed E-state index contributed by atoms with van der Waals surface area (Å²) in [6.07, 6.45) is 2.27. The highest BCUT2D eigenvalue weighted by Crippen LogP contribution is 2.30. The fraction of sp³-hybridized carbons (Fsp3) is 0.333. The normalized spacial score (nSPS) is 17.7. The summed E-state index contributed by atoms with van der Waals surface area (Å²) < 4.78 is 0. The molecule has 6 nitrogen and oxygen atoms in total. The molecule has 1 saturated heterocycles. The van der Waals surface area contributed by atoms with E-state index in [4.69, 9.17) is 0 Å². The Labute approximate surface area is 149 Å². The maximum atomic E-state index is 12.6. The van der Waals surface area contributed by atoms with Gasteiger partial charge < -0.3 is 20.7 Å². The molecule has 1 unspecified atom stereocenters. The largest absolute Gasteiger partial charge is 0.506 e. The number of aromatic nitrogens is 2. The van der Waals surface area contributed by atoms with E-state index in [-0.39, 0.29) is 11.7 Å². The van der Waals surface area contributed by atoms with Gasteiger partial charge in [0.1, 0.15) is 22.6 Å². The average Bonchev–Trinajstić information content (AvgIpc) is 3.30. The molecule has 130 valence electrons. The van der Waals surface area contributed by atoms with E-state index in [1.807, 2.05) is 17.5 Å². The van der Waals surface area contributed by atoms with Gasteiger partial charge in [0, 0.05) is 6.54 Å². The first-order valence-electron chi connectivity index (χ1n) is 8.47. The number of carbonyl (C=O) groups is 1. The zero-order valence-corrected chi connectivity index (χ0v) is 14.5. The van der Waals surface area contributed by atoms with E-state index in [0.29, 0.717) is 34.9 Å². The Kier molecular flexibility index (Phi) is 4.42. The fourth-order valence-electron chi connectivity index (χ4n) is 3.22. The number of hydrogen-bond donors (Lipinski definition) is 4. The predicted octanol–water partition coefficient (Wildman–Crippen LogP) is 2.73. The highest BCUT2D eigenvalue weighted by molar-refractivity contribution is 7.13. The van der Waals surface area contributed by atoms with E-state index < -0.39 is 0 Å². The molecule has 1 atom stereocenters. The van der Waals surface area contributed by atoms with Crippen LogP contribution < -0.4 is 10.6 Å². The number of phenols is 1. The number of H-pyrrole nitrogens is 1. The van der Waals surface area contributed by atoms with Crippen LogP contribution in [0.4, 0.5) is 0 Å². The highest BCUT2D eigenvalue weighted by atomic mass is 32.1. The minimum Gasteiger partial charge on any atom is -0.506 e. The first kappa shape index (κ1) is 16.1. The Morgan fingerprint density at radius 1 is 1.40 bits per heavy atom. The Bertz CT molecular complexity index is 882. The number of rotatable bonds is 4. The summed E-state index contributed by atoms with van der Waals surface area (Å²) in [5, 5.41) is 18.4. The van der Waals surface area contributed by atoms with Gasteiger partial charge in [-0.05, 0) is 55.4 Å². The quantitative estimate of drug-likeness (QED) is 0.579. The van der Waals surface area contributed by atoms with Crippen molar-refractivity contribution >= 4 is 28.3 Å². The summed E-state index contributed by atoms with van der Waals surface area (Å²) in [6, 6.07) is 7.06. The van der Waals surface area contributed by atoms with Crippen LogP contribution in [0.5, 0.6) is 5.75 Å². The Balaban J connectivity index is 1.60. The molecular formula is C18H20N4O2S. The summed E-state index contributed by atoms with van der Waals surface area (Å²) >= 11 is 1.56. The molecule has 2 aromatic heterocycles. The summed E-state index contributed by atoms with van der Waals surface area (Å²) in [7, 11) is 0. The van der Waals surface area contributed by atoms with Crippen LogP contribution in [0.3, 0.4) is 0 Å². The molecule has 0 aliphatic carbocycles. The van der Waals surface area contributed by atoms with Crippen molar-refractivity contribution in [2.45, 2.75) is 12.8 Å². The van der Waals surface area contributed by atoms with Crippen LogP contribution in [-0.2, 0) is 0 Å². The third kappa shape index (κ3) is 3.25. The third-order valence-corrected chi connectivity index (χ3v) is 5.45. The van der Waals surface area contributed by atoms with Gasteiger partial charge in [0.05, 0.1) is 10.4 Å². The molecule has 25 heavy (non-hydrogen) atoms. The number of fused-ring (bicyclic) bond motifs is 1. The van der Waals surface area contributed by atoms with Gasteiger partial charge in [-0.2, -0.15) is 0 Å². The molecule has 1 aliphatic rings. The Hall–Kier alpha value is -2.38.